The number of nitrogens with two attached hydrogens (primary N) is 1. The zero-order valence-corrected chi connectivity index (χ0v) is 17.9. The molecule has 31 heavy (non-hydrogen) atoms. The van der Waals surface area contributed by atoms with Gasteiger partial charge in [0.2, 0.25) is 0 Å². The topological polar surface area (TPSA) is 55.6 Å². The van der Waals surface area contributed by atoms with Crippen molar-refractivity contribution in [2.24, 2.45) is 5.73 Å². The summed E-state index contributed by atoms with van der Waals surface area (Å²) in [5.74, 6) is -1.24. The van der Waals surface area contributed by atoms with Crippen molar-refractivity contribution in [2.75, 3.05) is 18.1 Å². The number of ether oxygens (including phenoxy) is 1. The lowest BCUT2D eigenvalue weighted by atomic mass is 10.1. The highest BCUT2D eigenvalue weighted by Crippen LogP contribution is 2.33. The van der Waals surface area contributed by atoms with Crippen LogP contribution in [0.3, 0.4) is 0 Å². The molecule has 1 heterocycles. The first kappa shape index (κ1) is 24.5. The van der Waals surface area contributed by atoms with Crippen LogP contribution in [-0.2, 0) is 12.6 Å². The Kier molecular flexibility index (Phi) is 8.30. The lowest BCUT2D eigenvalue weighted by Crippen LogP contribution is -2.34. The van der Waals surface area contributed by atoms with Crippen molar-refractivity contribution in [3.05, 3.63) is 58.9 Å². The maximum absolute atomic E-state index is 14.1. The molecule has 1 saturated heterocycles. The molecular weight excluding hydrogens is 412 g/mol. The van der Waals surface area contributed by atoms with Crippen molar-refractivity contribution < 1.29 is 27.1 Å². The third-order valence-corrected chi connectivity index (χ3v) is 5.13. The molecule has 1 fully saturated rings. The van der Waals surface area contributed by atoms with E-state index in [9.17, 15) is 22.4 Å². The van der Waals surface area contributed by atoms with Gasteiger partial charge in [-0.3, -0.25) is 4.79 Å². The molecule has 170 valence electrons. The average Bonchev–Trinajstić information content (AvgIpc) is 3.21. The van der Waals surface area contributed by atoms with E-state index in [1.54, 1.807) is 0 Å². The second-order valence-electron chi connectivity index (χ2n) is 7.00. The lowest BCUT2D eigenvalue weighted by Gasteiger charge is -2.27. The smallest absolute Gasteiger partial charge is 0.416 e. The highest BCUT2D eigenvalue weighted by Gasteiger charge is 2.31. The van der Waals surface area contributed by atoms with Crippen LogP contribution in [0.2, 0.25) is 0 Å². The van der Waals surface area contributed by atoms with Crippen molar-refractivity contribution in [1.82, 2.24) is 0 Å². The van der Waals surface area contributed by atoms with Gasteiger partial charge in [0.1, 0.15) is 18.2 Å². The first-order valence-electron chi connectivity index (χ1n) is 10.4. The molecule has 2 N–H and O–H groups in total. The third-order valence-electron chi connectivity index (χ3n) is 5.13. The Morgan fingerprint density at radius 2 is 1.84 bits per heavy atom. The van der Waals surface area contributed by atoms with Crippen LogP contribution >= 0.6 is 0 Å². The van der Waals surface area contributed by atoms with Gasteiger partial charge in [-0.25, -0.2) is 4.39 Å². The molecule has 1 atom stereocenters. The van der Waals surface area contributed by atoms with E-state index in [1.165, 1.54) is 18.2 Å². The van der Waals surface area contributed by atoms with Crippen LogP contribution in [0.1, 0.15) is 55.1 Å². The standard InChI is InChI=1S/C21H22F4N2O2.C2H6/c1-2-13-10-17(20(26)28)18(22)11-19(13)29-12-16-4-3-9-27(16)15-7-5-14(6-8-15)21(23,24)25;1-2/h5-8,10-11,16H,2-4,9,12H2,1H3,(H2,26,28);1-2H3. The molecule has 0 aromatic heterocycles. The summed E-state index contributed by atoms with van der Waals surface area (Å²) >= 11 is 0. The molecule has 1 unspecified atom stereocenters. The molecule has 8 heteroatoms. The van der Waals surface area contributed by atoms with Gasteiger partial charge in [0, 0.05) is 18.3 Å². The van der Waals surface area contributed by atoms with Crippen molar-refractivity contribution in [1.29, 1.82) is 0 Å². The fourth-order valence-electron chi connectivity index (χ4n) is 3.58. The molecule has 4 nitrogen and oxygen atoms in total. The van der Waals surface area contributed by atoms with Gasteiger partial charge in [0.05, 0.1) is 17.2 Å². The summed E-state index contributed by atoms with van der Waals surface area (Å²) in [6, 6.07) is 7.57. The van der Waals surface area contributed by atoms with Gasteiger partial charge in [0.15, 0.2) is 0 Å². The Morgan fingerprint density at radius 3 is 2.39 bits per heavy atom. The van der Waals surface area contributed by atoms with Gasteiger partial charge in [-0.05, 0) is 55.2 Å². The van der Waals surface area contributed by atoms with Crippen LogP contribution in [-0.4, -0.2) is 25.1 Å². The van der Waals surface area contributed by atoms with Crippen molar-refractivity contribution in [3.63, 3.8) is 0 Å². The average molecular weight is 440 g/mol. The minimum atomic E-state index is -4.37. The predicted molar refractivity (Wildman–Crippen MR) is 113 cm³/mol. The van der Waals surface area contributed by atoms with E-state index in [-0.39, 0.29) is 18.2 Å². The SMILES string of the molecule is CC.CCc1cc(C(N)=O)c(F)cc1OCC1CCCN1c1ccc(C(F)(F)F)cc1. The van der Waals surface area contributed by atoms with E-state index < -0.39 is 23.5 Å². The van der Waals surface area contributed by atoms with Gasteiger partial charge in [-0.2, -0.15) is 13.2 Å². The largest absolute Gasteiger partial charge is 0.491 e. The van der Waals surface area contributed by atoms with Crippen LogP contribution in [0, 0.1) is 5.82 Å². The molecule has 1 aliphatic heterocycles. The summed E-state index contributed by atoms with van der Waals surface area (Å²) in [7, 11) is 0. The number of alkyl halides is 3. The van der Waals surface area contributed by atoms with E-state index in [0.717, 1.165) is 31.0 Å². The molecule has 0 saturated carbocycles. The first-order chi connectivity index (χ1) is 14.7. The normalized spacial score (nSPS) is 16.0. The van der Waals surface area contributed by atoms with Gasteiger partial charge in [0.25, 0.3) is 5.91 Å². The third kappa shape index (κ3) is 5.89. The molecule has 0 bridgehead atoms. The summed E-state index contributed by atoms with van der Waals surface area (Å²) < 4.78 is 58.3. The van der Waals surface area contributed by atoms with Gasteiger partial charge >= 0.3 is 6.18 Å². The zero-order valence-electron chi connectivity index (χ0n) is 17.9. The minimum Gasteiger partial charge on any atom is -0.491 e. The minimum absolute atomic E-state index is 0.0460. The summed E-state index contributed by atoms with van der Waals surface area (Å²) in [6.45, 7) is 6.81. The molecule has 3 rings (SSSR count). The Labute approximate surface area is 180 Å². The van der Waals surface area contributed by atoms with E-state index in [2.05, 4.69) is 0 Å². The Balaban J connectivity index is 0.00000166. The number of nitrogens with zero attached hydrogens (tertiary/aromatic N) is 1. The number of carbonyl (C=O) groups excluding carboxylic acids is 1. The van der Waals surface area contributed by atoms with Gasteiger partial charge in [-0.1, -0.05) is 20.8 Å². The maximum Gasteiger partial charge on any atom is 0.416 e. The number of hydrogen-bond donors (Lipinski definition) is 1. The predicted octanol–water partition coefficient (Wildman–Crippen LogP) is 5.58. The summed E-state index contributed by atoms with van der Waals surface area (Å²) in [5, 5.41) is 0. The summed E-state index contributed by atoms with van der Waals surface area (Å²) in [5.41, 5.74) is 5.67. The number of hydrogen-bond acceptors (Lipinski definition) is 3. The van der Waals surface area contributed by atoms with Gasteiger partial charge < -0.3 is 15.4 Å². The number of aryl methyl sites for hydroxylation is 1. The zero-order chi connectivity index (χ0) is 23.2. The van der Waals surface area contributed by atoms with E-state index in [0.29, 0.717) is 30.0 Å². The number of rotatable bonds is 6. The molecule has 2 aromatic rings. The highest BCUT2D eigenvalue weighted by atomic mass is 19.4. The summed E-state index contributed by atoms with van der Waals surface area (Å²) in [6.07, 6.45) is -2.15. The van der Waals surface area contributed by atoms with Crippen LogP contribution in [0.25, 0.3) is 0 Å². The number of primary amides is 1. The van der Waals surface area contributed by atoms with Gasteiger partial charge in [-0.15, -0.1) is 0 Å². The van der Waals surface area contributed by atoms with Crippen LogP contribution in [0.4, 0.5) is 23.2 Å². The van der Waals surface area contributed by atoms with Crippen LogP contribution < -0.4 is 15.4 Å². The lowest BCUT2D eigenvalue weighted by molar-refractivity contribution is -0.137. The quantitative estimate of drug-likeness (QED) is 0.597. The molecule has 0 aliphatic carbocycles. The first-order valence-corrected chi connectivity index (χ1v) is 10.4. The number of amides is 1. The Hall–Kier alpha value is -2.77. The second-order valence-corrected chi connectivity index (χ2v) is 7.00. The number of carbonyl (C=O) groups is 1. The van der Waals surface area contributed by atoms with Crippen molar-refractivity contribution >= 4 is 11.6 Å². The Morgan fingerprint density at radius 1 is 1.19 bits per heavy atom. The second kappa shape index (κ2) is 10.5. The monoisotopic (exact) mass is 440 g/mol. The number of anilines is 1. The Bertz CT molecular complexity index is 882. The molecule has 0 spiro atoms. The fraction of sp³-hybridized carbons (Fsp3) is 0.435. The number of benzene rings is 2. The maximum atomic E-state index is 14.1. The highest BCUT2D eigenvalue weighted by molar-refractivity contribution is 5.93. The van der Waals surface area contributed by atoms with Crippen LogP contribution in [0.15, 0.2) is 36.4 Å². The molecular formula is C23H28F4N2O2. The summed E-state index contributed by atoms with van der Waals surface area (Å²) in [4.78, 5) is 13.3. The molecule has 0 radical (unpaired) electrons. The van der Waals surface area contributed by atoms with E-state index >= 15 is 0 Å². The molecule has 2 aromatic carbocycles. The van der Waals surface area contributed by atoms with Crippen LogP contribution in [0.5, 0.6) is 5.75 Å². The molecule has 1 aliphatic rings. The number of halogens is 4. The fourth-order valence-corrected chi connectivity index (χ4v) is 3.58. The van der Waals surface area contributed by atoms with E-state index in [1.807, 2.05) is 25.7 Å². The van der Waals surface area contributed by atoms with Crippen molar-refractivity contribution in [3.8, 4) is 5.75 Å². The molecule has 1 amide bonds. The van der Waals surface area contributed by atoms with Crippen molar-refractivity contribution in [2.45, 2.75) is 52.3 Å². The van der Waals surface area contributed by atoms with E-state index in [4.69, 9.17) is 10.5 Å².